The molecule has 1 aromatic carbocycles. The zero-order valence-corrected chi connectivity index (χ0v) is 16.4. The minimum atomic E-state index is -0.487. The maximum atomic E-state index is 12.3. The van der Waals surface area contributed by atoms with Gasteiger partial charge in [-0.2, -0.15) is 0 Å². The number of amides is 2. The van der Waals surface area contributed by atoms with Gasteiger partial charge in [-0.05, 0) is 35.8 Å². The van der Waals surface area contributed by atoms with E-state index in [1.807, 2.05) is 12.1 Å². The highest BCUT2D eigenvalue weighted by molar-refractivity contribution is 6.30. The largest absolute Gasteiger partial charge is 0.445 e. The third-order valence-electron chi connectivity index (χ3n) is 4.66. The molecule has 148 valence electrons. The summed E-state index contributed by atoms with van der Waals surface area (Å²) in [4.78, 5) is 25.9. The number of hydrogen-bond acceptors (Lipinski definition) is 4. The van der Waals surface area contributed by atoms with Gasteiger partial charge in [0, 0.05) is 43.3 Å². The van der Waals surface area contributed by atoms with Gasteiger partial charge in [0.05, 0.1) is 0 Å². The average molecular weight is 402 g/mol. The highest BCUT2D eigenvalue weighted by atomic mass is 35.5. The molecule has 0 saturated carbocycles. The average Bonchev–Trinajstić information content (AvgIpc) is 2.81. The molecular weight excluding hydrogens is 378 g/mol. The number of ether oxygens (including phenoxy) is 1. The highest BCUT2D eigenvalue weighted by Gasteiger charge is 2.14. The van der Waals surface area contributed by atoms with E-state index in [1.165, 1.54) is 11.1 Å². The molecule has 2 N–H and O–H groups in total. The van der Waals surface area contributed by atoms with Gasteiger partial charge in [-0.1, -0.05) is 42.0 Å². The van der Waals surface area contributed by atoms with Gasteiger partial charge in [-0.25, -0.2) is 4.79 Å². The van der Waals surface area contributed by atoms with Crippen molar-refractivity contribution < 1.29 is 14.3 Å². The Hall–Kier alpha value is -2.57. The lowest BCUT2D eigenvalue weighted by atomic mass is 9.99. The second-order valence-corrected chi connectivity index (χ2v) is 7.02. The van der Waals surface area contributed by atoms with Gasteiger partial charge in [0.15, 0.2) is 0 Å². The van der Waals surface area contributed by atoms with Gasteiger partial charge in [0.2, 0.25) is 0 Å². The standard InChI is InChI=1S/C21H24ClN3O3/c22-19-5-3-16(4-6-19)17-7-12-25(13-8-17)14-11-23-20(26)18-2-1-10-24-21(27)28-15-9-18/h1-7,9H,8,10-15H2,(H,23,26)(H,24,27)/b2-1-,18-9+. The van der Waals surface area contributed by atoms with Gasteiger partial charge >= 0.3 is 6.09 Å². The van der Waals surface area contributed by atoms with Gasteiger partial charge in [0.25, 0.3) is 5.91 Å². The molecule has 2 aliphatic heterocycles. The smallest absolute Gasteiger partial charge is 0.407 e. The first-order valence-corrected chi connectivity index (χ1v) is 9.72. The van der Waals surface area contributed by atoms with E-state index in [2.05, 4.69) is 33.7 Å². The number of nitrogens with one attached hydrogen (secondary N) is 2. The lowest BCUT2D eigenvalue weighted by Gasteiger charge is -2.26. The van der Waals surface area contributed by atoms with E-state index in [-0.39, 0.29) is 12.5 Å². The monoisotopic (exact) mass is 401 g/mol. The van der Waals surface area contributed by atoms with Crippen molar-refractivity contribution in [3.8, 4) is 0 Å². The van der Waals surface area contributed by atoms with Crippen LogP contribution in [0, 0.1) is 0 Å². The fraction of sp³-hybridized carbons (Fsp3) is 0.333. The van der Waals surface area contributed by atoms with Crippen LogP contribution < -0.4 is 10.6 Å². The van der Waals surface area contributed by atoms with Crippen LogP contribution in [0.2, 0.25) is 5.02 Å². The molecule has 2 heterocycles. The second kappa shape index (κ2) is 10.1. The van der Waals surface area contributed by atoms with Crippen molar-refractivity contribution in [3.63, 3.8) is 0 Å². The molecule has 6 nitrogen and oxygen atoms in total. The number of halogens is 1. The lowest BCUT2D eigenvalue weighted by Crippen LogP contribution is -2.37. The molecule has 2 amide bonds. The third kappa shape index (κ3) is 5.97. The van der Waals surface area contributed by atoms with E-state index < -0.39 is 6.09 Å². The summed E-state index contributed by atoms with van der Waals surface area (Å²) in [6.07, 6.45) is 7.76. The van der Waals surface area contributed by atoms with Crippen LogP contribution in [-0.2, 0) is 9.53 Å². The Balaban J connectivity index is 1.44. The maximum Gasteiger partial charge on any atom is 0.407 e. The van der Waals surface area contributed by atoms with Crippen LogP contribution in [0.4, 0.5) is 4.79 Å². The van der Waals surface area contributed by atoms with Crippen LogP contribution >= 0.6 is 11.6 Å². The van der Waals surface area contributed by atoms with Crippen LogP contribution in [0.5, 0.6) is 0 Å². The number of hydrogen-bond donors (Lipinski definition) is 2. The predicted octanol–water partition coefficient (Wildman–Crippen LogP) is 2.77. The summed E-state index contributed by atoms with van der Waals surface area (Å²) in [5.41, 5.74) is 3.05. The number of carbonyl (C=O) groups excluding carboxylic acids is 2. The maximum absolute atomic E-state index is 12.3. The summed E-state index contributed by atoms with van der Waals surface area (Å²) >= 11 is 5.95. The van der Waals surface area contributed by atoms with E-state index in [1.54, 1.807) is 18.2 Å². The molecule has 0 spiro atoms. The lowest BCUT2D eigenvalue weighted by molar-refractivity contribution is -0.117. The molecule has 1 aromatic rings. The minimum Gasteiger partial charge on any atom is -0.445 e. The second-order valence-electron chi connectivity index (χ2n) is 6.58. The number of rotatable bonds is 5. The molecule has 0 atom stereocenters. The Kier molecular flexibility index (Phi) is 7.28. The molecule has 3 rings (SSSR count). The summed E-state index contributed by atoms with van der Waals surface area (Å²) < 4.78 is 4.93. The van der Waals surface area contributed by atoms with E-state index in [9.17, 15) is 9.59 Å². The summed E-state index contributed by atoms with van der Waals surface area (Å²) in [6, 6.07) is 7.93. The first-order chi connectivity index (χ1) is 13.6. The molecule has 0 saturated heterocycles. The SMILES string of the molecule is O=C1NC/C=C\C(C(=O)NCCN2CC=C(c3ccc(Cl)cc3)CC2)=C/CO1. The van der Waals surface area contributed by atoms with Crippen molar-refractivity contribution in [2.75, 3.05) is 39.3 Å². The Bertz CT molecular complexity index is 800. The van der Waals surface area contributed by atoms with E-state index in [0.29, 0.717) is 18.7 Å². The molecule has 7 heteroatoms. The Morgan fingerprint density at radius 1 is 1.25 bits per heavy atom. The minimum absolute atomic E-state index is 0.0727. The summed E-state index contributed by atoms with van der Waals surface area (Å²) in [5, 5.41) is 6.24. The summed E-state index contributed by atoms with van der Waals surface area (Å²) in [5.74, 6) is -0.163. The zero-order valence-electron chi connectivity index (χ0n) is 15.6. The van der Waals surface area contributed by atoms with E-state index in [4.69, 9.17) is 16.3 Å². The van der Waals surface area contributed by atoms with Gasteiger partial charge in [-0.15, -0.1) is 0 Å². The predicted molar refractivity (Wildman–Crippen MR) is 110 cm³/mol. The summed E-state index contributed by atoms with van der Waals surface area (Å²) in [6.45, 7) is 3.56. The van der Waals surface area contributed by atoms with Crippen LogP contribution in [0.3, 0.4) is 0 Å². The van der Waals surface area contributed by atoms with Crippen molar-refractivity contribution >= 4 is 29.2 Å². The van der Waals surface area contributed by atoms with Crippen molar-refractivity contribution in [1.29, 1.82) is 0 Å². The molecule has 0 aliphatic carbocycles. The van der Waals surface area contributed by atoms with Crippen molar-refractivity contribution in [2.24, 2.45) is 0 Å². The number of carbonyl (C=O) groups is 2. The number of cyclic esters (lactones) is 1. The van der Waals surface area contributed by atoms with Crippen molar-refractivity contribution in [3.05, 3.63) is 64.7 Å². The molecular formula is C21H24ClN3O3. The Morgan fingerprint density at radius 3 is 2.82 bits per heavy atom. The fourth-order valence-electron chi connectivity index (χ4n) is 3.09. The zero-order chi connectivity index (χ0) is 19.8. The summed E-state index contributed by atoms with van der Waals surface area (Å²) in [7, 11) is 0. The molecule has 0 radical (unpaired) electrons. The van der Waals surface area contributed by atoms with E-state index >= 15 is 0 Å². The molecule has 2 aliphatic rings. The van der Waals surface area contributed by atoms with Crippen LogP contribution in [0.15, 0.2) is 54.1 Å². The topological polar surface area (TPSA) is 70.7 Å². The quantitative estimate of drug-likeness (QED) is 0.795. The number of nitrogens with zero attached hydrogens (tertiary/aromatic N) is 1. The Labute approximate surface area is 169 Å². The number of alkyl carbamates (subject to hydrolysis) is 1. The molecule has 0 bridgehead atoms. The van der Waals surface area contributed by atoms with Gasteiger partial charge in [-0.3, -0.25) is 9.69 Å². The first kappa shape index (κ1) is 20.2. The van der Waals surface area contributed by atoms with Crippen LogP contribution in [0.1, 0.15) is 12.0 Å². The molecule has 0 unspecified atom stereocenters. The van der Waals surface area contributed by atoms with Gasteiger partial charge < -0.3 is 15.4 Å². The van der Waals surface area contributed by atoms with Crippen molar-refractivity contribution in [1.82, 2.24) is 15.5 Å². The molecule has 28 heavy (non-hydrogen) atoms. The normalized spacial score (nSPS) is 21.0. The first-order valence-electron chi connectivity index (χ1n) is 9.34. The van der Waals surface area contributed by atoms with Crippen molar-refractivity contribution in [2.45, 2.75) is 6.42 Å². The molecule has 0 fully saturated rings. The number of benzene rings is 1. The van der Waals surface area contributed by atoms with Crippen LogP contribution in [-0.4, -0.2) is 56.2 Å². The highest BCUT2D eigenvalue weighted by Crippen LogP contribution is 2.23. The van der Waals surface area contributed by atoms with Gasteiger partial charge in [0.1, 0.15) is 6.61 Å². The fourth-order valence-corrected chi connectivity index (χ4v) is 3.22. The Morgan fingerprint density at radius 2 is 2.07 bits per heavy atom. The third-order valence-corrected chi connectivity index (χ3v) is 4.92. The molecule has 0 aromatic heterocycles. The van der Waals surface area contributed by atoms with E-state index in [0.717, 1.165) is 31.1 Å². The van der Waals surface area contributed by atoms with Crippen LogP contribution in [0.25, 0.3) is 5.57 Å².